The van der Waals surface area contributed by atoms with Crippen molar-refractivity contribution >= 4 is 0 Å². The molecule has 0 amide bonds. The highest BCUT2D eigenvalue weighted by molar-refractivity contribution is 4.79. The molecular formula is C12H25NO. The molecule has 84 valence electrons. The SMILES string of the molecule is CCC(C)(C)N(C)CC1CCOCC1. The summed E-state index contributed by atoms with van der Waals surface area (Å²) in [6.07, 6.45) is 3.70. The van der Waals surface area contributed by atoms with Crippen molar-refractivity contribution in [3.63, 3.8) is 0 Å². The molecule has 2 heteroatoms. The maximum atomic E-state index is 5.37. The van der Waals surface area contributed by atoms with Gasteiger partial charge in [0, 0.05) is 25.3 Å². The summed E-state index contributed by atoms with van der Waals surface area (Å²) >= 11 is 0. The van der Waals surface area contributed by atoms with Crippen LogP contribution in [0.2, 0.25) is 0 Å². The maximum Gasteiger partial charge on any atom is 0.0469 e. The van der Waals surface area contributed by atoms with Gasteiger partial charge in [0.25, 0.3) is 0 Å². The van der Waals surface area contributed by atoms with Crippen LogP contribution in [0.3, 0.4) is 0 Å². The van der Waals surface area contributed by atoms with E-state index in [2.05, 4.69) is 32.7 Å². The lowest BCUT2D eigenvalue weighted by molar-refractivity contribution is 0.0391. The highest BCUT2D eigenvalue weighted by Crippen LogP contribution is 2.22. The zero-order valence-electron chi connectivity index (χ0n) is 10.2. The molecule has 0 aromatic rings. The van der Waals surface area contributed by atoms with Crippen LogP contribution in [-0.2, 0) is 4.74 Å². The Morgan fingerprint density at radius 2 is 1.86 bits per heavy atom. The third kappa shape index (κ3) is 3.25. The minimum Gasteiger partial charge on any atom is -0.381 e. The van der Waals surface area contributed by atoms with E-state index >= 15 is 0 Å². The number of hydrogen-bond acceptors (Lipinski definition) is 2. The van der Waals surface area contributed by atoms with Crippen LogP contribution >= 0.6 is 0 Å². The molecule has 1 aliphatic heterocycles. The summed E-state index contributed by atoms with van der Waals surface area (Å²) < 4.78 is 5.37. The topological polar surface area (TPSA) is 12.5 Å². The van der Waals surface area contributed by atoms with Gasteiger partial charge in [-0.15, -0.1) is 0 Å². The normalized spacial score (nSPS) is 20.4. The van der Waals surface area contributed by atoms with E-state index in [1.807, 2.05) is 0 Å². The minimum atomic E-state index is 0.346. The number of nitrogens with zero attached hydrogens (tertiary/aromatic N) is 1. The first-order chi connectivity index (χ1) is 6.56. The minimum absolute atomic E-state index is 0.346. The predicted molar refractivity (Wildman–Crippen MR) is 60.5 cm³/mol. The second-order valence-corrected chi connectivity index (χ2v) is 5.10. The first kappa shape index (κ1) is 12.0. The van der Waals surface area contributed by atoms with E-state index in [4.69, 9.17) is 4.74 Å². The van der Waals surface area contributed by atoms with Gasteiger partial charge < -0.3 is 9.64 Å². The highest BCUT2D eigenvalue weighted by Gasteiger charge is 2.24. The van der Waals surface area contributed by atoms with Crippen molar-refractivity contribution in [1.29, 1.82) is 0 Å². The van der Waals surface area contributed by atoms with Crippen molar-refractivity contribution in [2.75, 3.05) is 26.8 Å². The number of rotatable bonds is 4. The van der Waals surface area contributed by atoms with Gasteiger partial charge in [0.1, 0.15) is 0 Å². The van der Waals surface area contributed by atoms with Gasteiger partial charge in [0.2, 0.25) is 0 Å². The smallest absolute Gasteiger partial charge is 0.0469 e. The third-order valence-corrected chi connectivity index (χ3v) is 3.77. The Morgan fingerprint density at radius 1 is 1.29 bits per heavy atom. The summed E-state index contributed by atoms with van der Waals surface area (Å²) in [5, 5.41) is 0. The summed E-state index contributed by atoms with van der Waals surface area (Å²) in [4.78, 5) is 2.50. The predicted octanol–water partition coefficient (Wildman–Crippen LogP) is 2.53. The second kappa shape index (κ2) is 5.13. The maximum absolute atomic E-state index is 5.37. The van der Waals surface area contributed by atoms with Crippen molar-refractivity contribution in [3.05, 3.63) is 0 Å². The van der Waals surface area contributed by atoms with Gasteiger partial charge in [-0.3, -0.25) is 0 Å². The molecule has 0 saturated carbocycles. The average molecular weight is 199 g/mol. The van der Waals surface area contributed by atoms with Crippen molar-refractivity contribution in [2.45, 2.75) is 45.6 Å². The van der Waals surface area contributed by atoms with Gasteiger partial charge in [0.05, 0.1) is 0 Å². The van der Waals surface area contributed by atoms with Gasteiger partial charge in [-0.1, -0.05) is 6.92 Å². The molecular weight excluding hydrogens is 174 g/mol. The Hall–Kier alpha value is -0.0800. The highest BCUT2D eigenvalue weighted by atomic mass is 16.5. The molecule has 0 spiro atoms. The van der Waals surface area contributed by atoms with Crippen molar-refractivity contribution in [2.24, 2.45) is 5.92 Å². The van der Waals surface area contributed by atoms with Gasteiger partial charge in [0.15, 0.2) is 0 Å². The van der Waals surface area contributed by atoms with E-state index in [0.717, 1.165) is 19.1 Å². The Morgan fingerprint density at radius 3 is 2.36 bits per heavy atom. The molecule has 0 radical (unpaired) electrons. The molecule has 1 aliphatic rings. The Balaban J connectivity index is 2.34. The third-order valence-electron chi connectivity index (χ3n) is 3.77. The lowest BCUT2D eigenvalue weighted by Crippen LogP contribution is -2.43. The van der Waals surface area contributed by atoms with E-state index in [9.17, 15) is 0 Å². The fraction of sp³-hybridized carbons (Fsp3) is 1.00. The van der Waals surface area contributed by atoms with E-state index in [1.165, 1.54) is 25.8 Å². The monoisotopic (exact) mass is 199 g/mol. The van der Waals surface area contributed by atoms with Crippen LogP contribution in [0.4, 0.5) is 0 Å². The zero-order chi connectivity index (χ0) is 10.6. The van der Waals surface area contributed by atoms with Crippen molar-refractivity contribution in [3.8, 4) is 0 Å². The van der Waals surface area contributed by atoms with Crippen LogP contribution in [-0.4, -0.2) is 37.2 Å². The van der Waals surface area contributed by atoms with E-state index < -0.39 is 0 Å². The molecule has 0 aromatic carbocycles. The van der Waals surface area contributed by atoms with Gasteiger partial charge in [-0.2, -0.15) is 0 Å². The van der Waals surface area contributed by atoms with Crippen LogP contribution in [0.25, 0.3) is 0 Å². The molecule has 0 N–H and O–H groups in total. The molecule has 1 heterocycles. The van der Waals surface area contributed by atoms with E-state index in [1.54, 1.807) is 0 Å². The van der Waals surface area contributed by atoms with Crippen molar-refractivity contribution < 1.29 is 4.74 Å². The van der Waals surface area contributed by atoms with E-state index in [0.29, 0.717) is 5.54 Å². The van der Waals surface area contributed by atoms with Crippen LogP contribution in [0.5, 0.6) is 0 Å². The fourth-order valence-electron chi connectivity index (χ4n) is 1.83. The molecule has 0 aromatic heterocycles. The molecule has 0 aliphatic carbocycles. The lowest BCUT2D eigenvalue weighted by Gasteiger charge is -2.38. The first-order valence-corrected chi connectivity index (χ1v) is 5.85. The standard InChI is InChI=1S/C12H25NO/c1-5-12(2,3)13(4)10-11-6-8-14-9-7-11/h11H,5-10H2,1-4H3. The molecule has 1 rings (SSSR count). The average Bonchev–Trinajstić information content (AvgIpc) is 2.19. The van der Waals surface area contributed by atoms with Gasteiger partial charge in [-0.25, -0.2) is 0 Å². The summed E-state index contributed by atoms with van der Waals surface area (Å²) in [6.45, 7) is 10.1. The summed E-state index contributed by atoms with van der Waals surface area (Å²) in [5.74, 6) is 0.847. The molecule has 2 nitrogen and oxygen atoms in total. The zero-order valence-corrected chi connectivity index (χ0v) is 10.2. The molecule has 1 fully saturated rings. The Kier molecular flexibility index (Phi) is 4.39. The molecule has 14 heavy (non-hydrogen) atoms. The van der Waals surface area contributed by atoms with Crippen LogP contribution in [0, 0.1) is 5.92 Å². The second-order valence-electron chi connectivity index (χ2n) is 5.10. The number of ether oxygens (including phenoxy) is 1. The Labute approximate surface area is 88.6 Å². The largest absolute Gasteiger partial charge is 0.381 e. The molecule has 1 saturated heterocycles. The van der Waals surface area contributed by atoms with E-state index in [-0.39, 0.29) is 0 Å². The lowest BCUT2D eigenvalue weighted by atomic mass is 9.94. The Bertz CT molecular complexity index is 162. The summed E-state index contributed by atoms with van der Waals surface area (Å²) in [7, 11) is 2.25. The summed E-state index contributed by atoms with van der Waals surface area (Å²) in [5.41, 5.74) is 0.346. The van der Waals surface area contributed by atoms with Gasteiger partial charge >= 0.3 is 0 Å². The number of hydrogen-bond donors (Lipinski definition) is 0. The fourth-order valence-corrected chi connectivity index (χ4v) is 1.83. The summed E-state index contributed by atoms with van der Waals surface area (Å²) in [6, 6.07) is 0. The molecule has 0 bridgehead atoms. The van der Waals surface area contributed by atoms with Crippen LogP contribution in [0.15, 0.2) is 0 Å². The molecule has 0 unspecified atom stereocenters. The van der Waals surface area contributed by atoms with Crippen LogP contribution < -0.4 is 0 Å². The van der Waals surface area contributed by atoms with Crippen molar-refractivity contribution in [1.82, 2.24) is 4.90 Å². The quantitative estimate of drug-likeness (QED) is 0.690. The molecule has 0 atom stereocenters. The van der Waals surface area contributed by atoms with Gasteiger partial charge in [-0.05, 0) is 46.1 Å². The van der Waals surface area contributed by atoms with Crippen LogP contribution in [0.1, 0.15) is 40.0 Å². The first-order valence-electron chi connectivity index (χ1n) is 5.85.